The molecule has 3 unspecified atom stereocenters. The maximum Gasteiger partial charge on any atom is 0.0266 e. The maximum absolute atomic E-state index is 3.52. The summed E-state index contributed by atoms with van der Waals surface area (Å²) in [5.41, 5.74) is 0. The first-order chi connectivity index (χ1) is 8.86. The second kappa shape index (κ2) is 6.38. The highest BCUT2D eigenvalue weighted by atomic mass is 32.2. The molecule has 18 heavy (non-hydrogen) atoms. The number of hydrogen-bond acceptors (Lipinski definition) is 4. The fourth-order valence-electron chi connectivity index (χ4n) is 3.89. The molecule has 0 amide bonds. The molecular weight excluding hydrogens is 260 g/mol. The third-order valence-electron chi connectivity index (χ3n) is 4.83. The lowest BCUT2D eigenvalue weighted by Gasteiger charge is -2.50. The van der Waals surface area contributed by atoms with Crippen LogP contribution in [0.3, 0.4) is 0 Å². The lowest BCUT2D eigenvalue weighted by Crippen LogP contribution is -2.57. The standard InChI is InChI=1S/C14H26N2S2/c1-15-11-7-12-3-2-4-13(8-11)16(12)9-14-10-17-5-6-18-14/h11-15H,2-10H2,1H3. The number of nitrogens with zero attached hydrogens (tertiary/aromatic N) is 1. The van der Waals surface area contributed by atoms with Gasteiger partial charge in [0.25, 0.3) is 0 Å². The Labute approximate surface area is 120 Å². The third-order valence-corrected chi connectivity index (χ3v) is 7.66. The van der Waals surface area contributed by atoms with E-state index in [9.17, 15) is 0 Å². The molecule has 0 radical (unpaired) electrons. The second-order valence-electron chi connectivity index (χ2n) is 5.96. The van der Waals surface area contributed by atoms with Crippen molar-refractivity contribution in [2.24, 2.45) is 0 Å². The van der Waals surface area contributed by atoms with Gasteiger partial charge in [-0.05, 0) is 32.7 Å². The molecule has 0 saturated carbocycles. The minimum atomic E-state index is 0.782. The third kappa shape index (κ3) is 3.02. The Hall–Kier alpha value is 0.620. The summed E-state index contributed by atoms with van der Waals surface area (Å²) in [5, 5.41) is 4.42. The van der Waals surface area contributed by atoms with E-state index >= 15 is 0 Å². The SMILES string of the molecule is CNC1CC2CCCC(C1)N2CC1CSCCS1. The summed E-state index contributed by atoms with van der Waals surface area (Å²) in [4.78, 5) is 2.89. The van der Waals surface area contributed by atoms with Crippen LogP contribution >= 0.6 is 23.5 Å². The van der Waals surface area contributed by atoms with Gasteiger partial charge in [0, 0.05) is 47.2 Å². The van der Waals surface area contributed by atoms with Gasteiger partial charge in [-0.1, -0.05) is 6.42 Å². The second-order valence-corrected chi connectivity index (χ2v) is 8.52. The largest absolute Gasteiger partial charge is 0.317 e. The molecule has 0 spiro atoms. The van der Waals surface area contributed by atoms with Crippen molar-refractivity contribution < 1.29 is 0 Å². The van der Waals surface area contributed by atoms with E-state index in [0.29, 0.717) is 0 Å². The Morgan fingerprint density at radius 2 is 1.94 bits per heavy atom. The van der Waals surface area contributed by atoms with Crippen LogP contribution in [0.2, 0.25) is 0 Å². The van der Waals surface area contributed by atoms with Crippen molar-refractivity contribution in [3.63, 3.8) is 0 Å². The molecule has 3 fully saturated rings. The van der Waals surface area contributed by atoms with Crippen molar-refractivity contribution in [1.82, 2.24) is 10.2 Å². The van der Waals surface area contributed by atoms with Crippen LogP contribution in [0.1, 0.15) is 32.1 Å². The fourth-order valence-corrected chi connectivity index (χ4v) is 6.57. The molecule has 3 atom stereocenters. The highest BCUT2D eigenvalue weighted by molar-refractivity contribution is 8.06. The van der Waals surface area contributed by atoms with Crippen LogP contribution < -0.4 is 5.32 Å². The number of fused-ring (bicyclic) bond motifs is 2. The van der Waals surface area contributed by atoms with Gasteiger partial charge >= 0.3 is 0 Å². The van der Waals surface area contributed by atoms with E-state index < -0.39 is 0 Å². The zero-order valence-corrected chi connectivity index (χ0v) is 13.1. The average molecular weight is 287 g/mol. The summed E-state index contributed by atoms with van der Waals surface area (Å²) in [7, 11) is 2.14. The molecule has 0 aliphatic carbocycles. The van der Waals surface area contributed by atoms with Gasteiger partial charge in [-0.3, -0.25) is 4.90 Å². The molecule has 3 aliphatic heterocycles. The molecular formula is C14H26N2S2. The van der Waals surface area contributed by atoms with Crippen molar-refractivity contribution in [2.45, 2.75) is 55.5 Å². The van der Waals surface area contributed by atoms with Gasteiger partial charge in [-0.25, -0.2) is 0 Å². The first kappa shape index (κ1) is 13.6. The highest BCUT2D eigenvalue weighted by Crippen LogP contribution is 2.36. The van der Waals surface area contributed by atoms with Gasteiger partial charge in [-0.15, -0.1) is 0 Å². The van der Waals surface area contributed by atoms with Crippen LogP contribution in [0.25, 0.3) is 0 Å². The van der Waals surface area contributed by atoms with E-state index in [1.165, 1.54) is 55.9 Å². The molecule has 0 aromatic heterocycles. The zero-order valence-electron chi connectivity index (χ0n) is 11.4. The molecule has 3 saturated heterocycles. The van der Waals surface area contributed by atoms with E-state index in [-0.39, 0.29) is 0 Å². The number of thioether (sulfide) groups is 2. The van der Waals surface area contributed by atoms with Gasteiger partial charge in [0.15, 0.2) is 0 Å². The van der Waals surface area contributed by atoms with Crippen molar-refractivity contribution in [2.75, 3.05) is 30.9 Å². The van der Waals surface area contributed by atoms with Gasteiger partial charge in [-0.2, -0.15) is 23.5 Å². The smallest absolute Gasteiger partial charge is 0.0266 e. The van der Waals surface area contributed by atoms with Crippen LogP contribution in [0, 0.1) is 0 Å². The lowest BCUT2D eigenvalue weighted by molar-refractivity contribution is 0.0276. The number of hydrogen-bond donors (Lipinski definition) is 1. The predicted octanol–water partition coefficient (Wildman–Crippen LogP) is 2.44. The molecule has 2 nitrogen and oxygen atoms in total. The summed E-state index contributed by atoms with van der Waals surface area (Å²) in [6.45, 7) is 1.36. The van der Waals surface area contributed by atoms with E-state index in [4.69, 9.17) is 0 Å². The summed E-state index contributed by atoms with van der Waals surface area (Å²) in [6.07, 6.45) is 7.13. The molecule has 2 bridgehead atoms. The average Bonchev–Trinajstić information content (AvgIpc) is 2.39. The van der Waals surface area contributed by atoms with Gasteiger partial charge < -0.3 is 5.32 Å². The van der Waals surface area contributed by atoms with Gasteiger partial charge in [0.2, 0.25) is 0 Å². The number of piperidine rings is 2. The van der Waals surface area contributed by atoms with Crippen LogP contribution in [0.5, 0.6) is 0 Å². The molecule has 0 aromatic carbocycles. The minimum Gasteiger partial charge on any atom is -0.317 e. The van der Waals surface area contributed by atoms with Crippen LogP contribution in [-0.2, 0) is 0 Å². The number of nitrogens with one attached hydrogen (secondary N) is 1. The Bertz CT molecular complexity index is 255. The maximum atomic E-state index is 3.52. The molecule has 4 heteroatoms. The molecule has 104 valence electrons. The van der Waals surface area contributed by atoms with Gasteiger partial charge in [0.05, 0.1) is 0 Å². The van der Waals surface area contributed by atoms with E-state index in [0.717, 1.165) is 23.4 Å². The van der Waals surface area contributed by atoms with Crippen molar-refractivity contribution >= 4 is 23.5 Å². The van der Waals surface area contributed by atoms with E-state index in [2.05, 4.69) is 40.8 Å². The molecule has 3 rings (SSSR count). The Kier molecular flexibility index (Phi) is 4.82. The summed E-state index contributed by atoms with van der Waals surface area (Å²) in [5.74, 6) is 4.13. The fraction of sp³-hybridized carbons (Fsp3) is 1.00. The van der Waals surface area contributed by atoms with Crippen molar-refractivity contribution in [3.8, 4) is 0 Å². The summed E-state index contributed by atoms with van der Waals surface area (Å²) < 4.78 is 0. The lowest BCUT2D eigenvalue weighted by atomic mass is 9.81. The topological polar surface area (TPSA) is 15.3 Å². The van der Waals surface area contributed by atoms with Crippen LogP contribution in [-0.4, -0.2) is 59.1 Å². The molecule has 0 aromatic rings. The van der Waals surface area contributed by atoms with E-state index in [1.54, 1.807) is 0 Å². The van der Waals surface area contributed by atoms with Crippen LogP contribution in [0.15, 0.2) is 0 Å². The van der Waals surface area contributed by atoms with Crippen molar-refractivity contribution in [3.05, 3.63) is 0 Å². The first-order valence-electron chi connectivity index (χ1n) is 7.49. The zero-order chi connectivity index (χ0) is 12.4. The van der Waals surface area contributed by atoms with Crippen molar-refractivity contribution in [1.29, 1.82) is 0 Å². The summed E-state index contributed by atoms with van der Waals surface area (Å²) >= 11 is 4.39. The van der Waals surface area contributed by atoms with Crippen LogP contribution in [0.4, 0.5) is 0 Å². The Morgan fingerprint density at radius 1 is 1.17 bits per heavy atom. The molecule has 3 aliphatic rings. The van der Waals surface area contributed by atoms with Gasteiger partial charge in [0.1, 0.15) is 0 Å². The monoisotopic (exact) mass is 286 g/mol. The number of rotatable bonds is 3. The van der Waals surface area contributed by atoms with E-state index in [1.807, 2.05) is 0 Å². The normalized spacial score (nSPS) is 41.8. The first-order valence-corrected chi connectivity index (χ1v) is 9.69. The Balaban J connectivity index is 1.60. The quantitative estimate of drug-likeness (QED) is 0.857. The Morgan fingerprint density at radius 3 is 2.56 bits per heavy atom. The minimum absolute atomic E-state index is 0.782. The molecule has 3 heterocycles. The highest BCUT2D eigenvalue weighted by Gasteiger charge is 2.38. The summed E-state index contributed by atoms with van der Waals surface area (Å²) in [6, 6.07) is 2.54. The predicted molar refractivity (Wildman–Crippen MR) is 83.8 cm³/mol. The molecule has 1 N–H and O–H groups in total.